The molecule has 120 valence electrons. The zero-order chi connectivity index (χ0) is 16.5. The summed E-state index contributed by atoms with van der Waals surface area (Å²) in [6, 6.07) is 3.48. The largest absolute Gasteiger partial charge is 0.478 e. The Morgan fingerprint density at radius 2 is 2.08 bits per heavy atom. The summed E-state index contributed by atoms with van der Waals surface area (Å²) in [6.45, 7) is 1.20. The van der Waals surface area contributed by atoms with Gasteiger partial charge in [0.25, 0.3) is 0 Å². The number of rotatable bonds is 3. The van der Waals surface area contributed by atoms with Crippen molar-refractivity contribution in [1.82, 2.24) is 15.0 Å². The quantitative estimate of drug-likeness (QED) is 0.791. The Labute approximate surface area is 137 Å². The molecule has 7 nitrogen and oxygen atoms in total. The zero-order valence-corrected chi connectivity index (χ0v) is 12.7. The predicted octanol–water partition coefficient (Wildman–Crippen LogP) is 2.39. The molecule has 0 bridgehead atoms. The van der Waals surface area contributed by atoms with E-state index < -0.39 is 5.97 Å². The first-order valence-corrected chi connectivity index (χ1v) is 7.52. The maximum absolute atomic E-state index is 11.8. The number of nitrogens with zero attached hydrogens (tertiary/aromatic N) is 4. The Bertz CT molecular complexity index is 878. The fraction of sp³-hybridized carbons (Fsp3) is 0.176. The van der Waals surface area contributed by atoms with Crippen LogP contribution in [0.3, 0.4) is 0 Å². The number of hydrogen-bond acceptors (Lipinski definition) is 6. The summed E-state index contributed by atoms with van der Waals surface area (Å²) in [4.78, 5) is 26.7. The van der Waals surface area contributed by atoms with Crippen LogP contribution >= 0.6 is 0 Å². The number of carboxylic acid groups (broad SMARTS) is 1. The molecule has 1 aliphatic heterocycles. The molecule has 0 saturated carbocycles. The average Bonchev–Trinajstić information content (AvgIpc) is 3.15. The first kappa shape index (κ1) is 14.4. The highest BCUT2D eigenvalue weighted by molar-refractivity contribution is 5.96. The van der Waals surface area contributed by atoms with E-state index in [4.69, 9.17) is 4.42 Å². The number of furan rings is 1. The molecular weight excluding hydrogens is 308 g/mol. The summed E-state index contributed by atoms with van der Waals surface area (Å²) in [5.74, 6) is -0.334. The SMILES string of the molecule is O=C(O)c1c(-c2ccoc2)ncc2c1CCN(c1ncccn1)C2. The molecule has 0 aromatic carbocycles. The van der Waals surface area contributed by atoms with E-state index in [1.165, 1.54) is 12.5 Å². The second kappa shape index (κ2) is 5.77. The number of anilines is 1. The fourth-order valence-electron chi connectivity index (χ4n) is 3.02. The standard InChI is InChI=1S/C17H14N4O3/c22-16(23)14-13-2-6-21(17-18-4-1-5-19-17)9-12(13)8-20-15(14)11-3-7-24-10-11/h1,3-5,7-8,10H,2,6,9H2,(H,22,23). The third kappa shape index (κ3) is 2.40. The van der Waals surface area contributed by atoms with E-state index in [0.29, 0.717) is 36.7 Å². The third-order valence-electron chi connectivity index (χ3n) is 4.11. The van der Waals surface area contributed by atoms with Crippen molar-refractivity contribution in [2.45, 2.75) is 13.0 Å². The van der Waals surface area contributed by atoms with Gasteiger partial charge in [-0.1, -0.05) is 0 Å². The van der Waals surface area contributed by atoms with Gasteiger partial charge in [0.1, 0.15) is 0 Å². The van der Waals surface area contributed by atoms with E-state index in [1.54, 1.807) is 30.7 Å². The van der Waals surface area contributed by atoms with Crippen LogP contribution in [-0.2, 0) is 13.0 Å². The second-order valence-electron chi connectivity index (χ2n) is 5.52. The van der Waals surface area contributed by atoms with Gasteiger partial charge in [0.05, 0.1) is 23.8 Å². The molecule has 4 rings (SSSR count). The van der Waals surface area contributed by atoms with E-state index in [2.05, 4.69) is 15.0 Å². The van der Waals surface area contributed by atoms with Gasteiger partial charge in [-0.2, -0.15) is 0 Å². The number of fused-ring (bicyclic) bond motifs is 1. The Balaban J connectivity index is 1.76. The molecule has 0 aliphatic carbocycles. The Kier molecular flexibility index (Phi) is 3.45. The number of aromatic carboxylic acids is 1. The molecule has 7 heteroatoms. The van der Waals surface area contributed by atoms with Crippen LogP contribution in [0.1, 0.15) is 21.5 Å². The number of aromatic nitrogens is 3. The molecule has 0 radical (unpaired) electrons. The van der Waals surface area contributed by atoms with Gasteiger partial charge in [-0.25, -0.2) is 14.8 Å². The molecule has 0 amide bonds. The van der Waals surface area contributed by atoms with Crippen LogP contribution in [0.2, 0.25) is 0 Å². The molecule has 3 aromatic rings. The highest BCUT2D eigenvalue weighted by Crippen LogP contribution is 2.30. The summed E-state index contributed by atoms with van der Waals surface area (Å²) >= 11 is 0. The summed E-state index contributed by atoms with van der Waals surface area (Å²) in [5.41, 5.74) is 3.07. The van der Waals surface area contributed by atoms with Crippen LogP contribution in [0.5, 0.6) is 0 Å². The van der Waals surface area contributed by atoms with Gasteiger partial charge >= 0.3 is 5.97 Å². The smallest absolute Gasteiger partial charge is 0.338 e. The molecule has 0 unspecified atom stereocenters. The summed E-state index contributed by atoms with van der Waals surface area (Å²) in [6.07, 6.45) is 8.74. The third-order valence-corrected chi connectivity index (χ3v) is 4.11. The van der Waals surface area contributed by atoms with Gasteiger partial charge in [0.2, 0.25) is 5.95 Å². The minimum Gasteiger partial charge on any atom is -0.478 e. The molecule has 0 atom stereocenters. The van der Waals surface area contributed by atoms with E-state index in [1.807, 2.05) is 4.90 Å². The topological polar surface area (TPSA) is 92.3 Å². The van der Waals surface area contributed by atoms with Crippen molar-refractivity contribution in [3.05, 3.63) is 59.9 Å². The second-order valence-corrected chi connectivity index (χ2v) is 5.52. The lowest BCUT2D eigenvalue weighted by atomic mass is 9.93. The molecule has 1 aliphatic rings. The van der Waals surface area contributed by atoms with Gasteiger partial charge in [0, 0.05) is 37.2 Å². The van der Waals surface area contributed by atoms with Gasteiger partial charge in [-0.05, 0) is 29.7 Å². The average molecular weight is 322 g/mol. The Morgan fingerprint density at radius 1 is 1.25 bits per heavy atom. The van der Waals surface area contributed by atoms with Crippen LogP contribution < -0.4 is 4.90 Å². The van der Waals surface area contributed by atoms with Crippen LogP contribution in [0.15, 0.2) is 47.7 Å². The lowest BCUT2D eigenvalue weighted by molar-refractivity contribution is 0.0696. The van der Waals surface area contributed by atoms with Crippen LogP contribution in [-0.4, -0.2) is 32.6 Å². The van der Waals surface area contributed by atoms with Crippen molar-refractivity contribution < 1.29 is 14.3 Å². The van der Waals surface area contributed by atoms with Crippen molar-refractivity contribution in [3.8, 4) is 11.3 Å². The van der Waals surface area contributed by atoms with Crippen LogP contribution in [0.25, 0.3) is 11.3 Å². The lowest BCUT2D eigenvalue weighted by Crippen LogP contribution is -2.33. The van der Waals surface area contributed by atoms with Crippen LogP contribution in [0, 0.1) is 0 Å². The monoisotopic (exact) mass is 322 g/mol. The summed E-state index contributed by atoms with van der Waals surface area (Å²) in [7, 11) is 0. The highest BCUT2D eigenvalue weighted by atomic mass is 16.4. The normalized spacial score (nSPS) is 13.6. The van der Waals surface area contributed by atoms with Gasteiger partial charge in [-0.3, -0.25) is 4.98 Å². The maximum atomic E-state index is 11.8. The van der Waals surface area contributed by atoms with Crippen molar-refractivity contribution >= 4 is 11.9 Å². The van der Waals surface area contributed by atoms with Gasteiger partial charge in [0.15, 0.2) is 0 Å². The van der Waals surface area contributed by atoms with Crippen molar-refractivity contribution in [3.63, 3.8) is 0 Å². The van der Waals surface area contributed by atoms with E-state index >= 15 is 0 Å². The molecule has 3 aromatic heterocycles. The molecule has 0 fully saturated rings. The van der Waals surface area contributed by atoms with Crippen molar-refractivity contribution in [1.29, 1.82) is 0 Å². The first-order valence-electron chi connectivity index (χ1n) is 7.52. The van der Waals surface area contributed by atoms with Crippen LogP contribution in [0.4, 0.5) is 5.95 Å². The Hall–Kier alpha value is -3.22. The maximum Gasteiger partial charge on any atom is 0.338 e. The minimum atomic E-state index is -0.972. The molecule has 24 heavy (non-hydrogen) atoms. The minimum absolute atomic E-state index is 0.252. The molecule has 1 N–H and O–H groups in total. The van der Waals surface area contributed by atoms with Crippen molar-refractivity contribution in [2.24, 2.45) is 0 Å². The van der Waals surface area contributed by atoms with Gasteiger partial charge in [-0.15, -0.1) is 0 Å². The van der Waals surface area contributed by atoms with Gasteiger partial charge < -0.3 is 14.4 Å². The van der Waals surface area contributed by atoms with Crippen molar-refractivity contribution in [2.75, 3.05) is 11.4 Å². The van der Waals surface area contributed by atoms with E-state index in [-0.39, 0.29) is 5.56 Å². The molecule has 0 spiro atoms. The highest BCUT2D eigenvalue weighted by Gasteiger charge is 2.27. The number of carbonyl (C=O) groups is 1. The molecular formula is C17H14N4O3. The molecule has 4 heterocycles. The summed E-state index contributed by atoms with van der Waals surface area (Å²) in [5, 5.41) is 9.69. The molecule has 0 saturated heterocycles. The van der Waals surface area contributed by atoms with E-state index in [9.17, 15) is 9.90 Å². The zero-order valence-electron chi connectivity index (χ0n) is 12.7. The summed E-state index contributed by atoms with van der Waals surface area (Å²) < 4.78 is 5.06. The van der Waals surface area contributed by atoms with E-state index in [0.717, 1.165) is 11.1 Å². The predicted molar refractivity (Wildman–Crippen MR) is 85.7 cm³/mol. The number of pyridine rings is 1. The Morgan fingerprint density at radius 3 is 2.79 bits per heavy atom. The fourth-order valence-corrected chi connectivity index (χ4v) is 3.02. The lowest BCUT2D eigenvalue weighted by Gasteiger charge is -2.29. The first-order chi connectivity index (χ1) is 11.7. The number of carboxylic acids is 1. The number of hydrogen-bond donors (Lipinski definition) is 1.